The Morgan fingerprint density at radius 3 is 1.40 bits per heavy atom. The summed E-state index contributed by atoms with van der Waals surface area (Å²) in [4.78, 5) is 63.2. The third-order valence-electron chi connectivity index (χ3n) is 16.4. The molecule has 0 aliphatic rings. The van der Waals surface area contributed by atoms with Crippen LogP contribution in [-0.4, -0.2) is 169 Å². The number of pyridine rings is 3. The topological polar surface area (TPSA) is 428 Å². The van der Waals surface area contributed by atoms with E-state index < -0.39 is 112 Å². The van der Waals surface area contributed by atoms with E-state index in [2.05, 4.69) is 34.6 Å². The summed E-state index contributed by atoms with van der Waals surface area (Å²) in [5.41, 5.74) is 4.54. The highest BCUT2D eigenvalue weighted by Crippen LogP contribution is 2.37. The number of para-hydroxylation sites is 2. The summed E-state index contributed by atoms with van der Waals surface area (Å²) >= 11 is 0. The Hall–Kier alpha value is -12.1. The Morgan fingerprint density at radius 1 is 0.496 bits per heavy atom. The number of carbonyl (C=O) groups is 2. The molecular weight excluding hydrogens is 1660 g/mol. The third kappa shape index (κ3) is 21.3. The predicted octanol–water partition coefficient (Wildman–Crippen LogP) is 10.8. The number of hydrogen-bond donors (Lipinski definition) is 2. The van der Waals surface area contributed by atoms with E-state index in [0.29, 0.717) is 56.4 Å². The molecule has 0 amide bonds. The van der Waals surface area contributed by atoms with Crippen molar-refractivity contribution in [2.24, 2.45) is 0 Å². The monoisotopic (exact) mass is 1740 g/mol. The number of ether oxygens (including phenoxy) is 8. The summed E-state index contributed by atoms with van der Waals surface area (Å²) < 4.78 is 219. The number of halogens is 4. The van der Waals surface area contributed by atoms with Gasteiger partial charge in [-0.25, -0.2) is 70.5 Å². The van der Waals surface area contributed by atoms with Gasteiger partial charge in [0.1, 0.15) is 34.5 Å². The Bertz CT molecular complexity index is 6130. The van der Waals surface area contributed by atoms with E-state index in [1.165, 1.54) is 120 Å². The molecule has 3 atom stereocenters. The number of fused-ring (bicyclic) bond motifs is 3. The maximum Gasteiger partial charge on any atom is 0.387 e. The minimum absolute atomic E-state index is 0. The van der Waals surface area contributed by atoms with Gasteiger partial charge in [0, 0.05) is 60.4 Å². The zero-order valence-corrected chi connectivity index (χ0v) is 67.3. The molecule has 0 bridgehead atoms. The number of hydrogen-bond acceptors (Lipinski definition) is 27. The minimum Gasteiger partial charge on any atom is -0.497 e. The van der Waals surface area contributed by atoms with Gasteiger partial charge in [-0.3, -0.25) is 27.6 Å². The van der Waals surface area contributed by atoms with Crippen LogP contribution in [0.2, 0.25) is 0 Å². The Kier molecular flexibility index (Phi) is 30.2. The van der Waals surface area contributed by atoms with Crippen LogP contribution in [0.5, 0.6) is 46.0 Å². The summed E-state index contributed by atoms with van der Waals surface area (Å²) in [5, 5.41) is 16.8. The molecule has 0 aliphatic carbocycles. The molecule has 0 spiro atoms. The highest BCUT2D eigenvalue weighted by Gasteiger charge is 2.34. The van der Waals surface area contributed by atoms with Gasteiger partial charge in [0.05, 0.1) is 143 Å². The van der Waals surface area contributed by atoms with Crippen LogP contribution < -0.4 is 37.9 Å². The van der Waals surface area contributed by atoms with Crippen molar-refractivity contribution in [3.8, 4) is 46.0 Å². The van der Waals surface area contributed by atoms with Crippen LogP contribution in [0.25, 0.3) is 33.1 Å². The quantitative estimate of drug-likeness (QED) is 0.0395. The van der Waals surface area contributed by atoms with Crippen LogP contribution in [0, 0.1) is 27.7 Å². The van der Waals surface area contributed by atoms with Gasteiger partial charge in [0.25, 0.3) is 36.0 Å². The number of carboxylic acids is 2. The van der Waals surface area contributed by atoms with Crippen LogP contribution in [-0.2, 0) is 98.9 Å². The second kappa shape index (κ2) is 39.0. The molecule has 12 aromatic rings. The molecule has 620 valence electrons. The Labute approximate surface area is 673 Å². The van der Waals surface area contributed by atoms with Crippen LogP contribution in [0.4, 0.5) is 17.6 Å². The van der Waals surface area contributed by atoms with Gasteiger partial charge >= 0.3 is 24.7 Å². The molecule has 12 rings (SSSR count). The van der Waals surface area contributed by atoms with E-state index in [0.717, 1.165) is 36.5 Å². The van der Waals surface area contributed by atoms with Crippen molar-refractivity contribution in [3.05, 3.63) is 204 Å². The largest absolute Gasteiger partial charge is 0.497 e. The van der Waals surface area contributed by atoms with Crippen molar-refractivity contribution in [2.75, 3.05) is 48.3 Å². The molecule has 0 saturated heterocycles. The highest BCUT2D eigenvalue weighted by atomic mass is 32.2. The first-order chi connectivity index (χ1) is 55.0. The van der Waals surface area contributed by atoms with E-state index in [-0.39, 0.29) is 112 Å². The minimum atomic E-state index is -4.48. The van der Waals surface area contributed by atoms with Crippen molar-refractivity contribution in [3.63, 3.8) is 0 Å². The molecule has 2 N–H and O–H groups in total. The van der Waals surface area contributed by atoms with Gasteiger partial charge in [-0.05, 0) is 130 Å². The number of rotatable bonds is 30. The molecule has 6 aromatic heterocycles. The lowest BCUT2D eigenvalue weighted by molar-refractivity contribution is -0.191. The fraction of sp³-hybridized carbons (Fsp3) is 0.240. The summed E-state index contributed by atoms with van der Waals surface area (Å²) in [6.07, 6.45) is 4.63. The van der Waals surface area contributed by atoms with Crippen LogP contribution in [0.3, 0.4) is 0 Å². The van der Waals surface area contributed by atoms with Gasteiger partial charge in [-0.2, -0.15) is 18.4 Å². The number of methoxy groups -OCH3 is 4. The van der Waals surface area contributed by atoms with Gasteiger partial charge in [-0.1, -0.05) is 37.8 Å². The number of carboxylic acid groups (broad SMARTS) is 2. The predicted molar refractivity (Wildman–Crippen MR) is 415 cm³/mol. The number of nitrogens with zero attached hydrogens (tertiary/aromatic N) is 9. The molecule has 6 aromatic carbocycles. The number of alkyl halides is 4. The maximum absolute atomic E-state index is 13.8. The number of carbonyl (C=O) groups excluding carboxylic acids is 2. The summed E-state index contributed by atoms with van der Waals surface area (Å²) in [6, 6.07) is 34.3. The fourth-order valence-electron chi connectivity index (χ4n) is 11.1. The van der Waals surface area contributed by atoms with Gasteiger partial charge in [0.15, 0.2) is 31.3 Å². The number of aliphatic carboxylic acids is 2. The smallest absolute Gasteiger partial charge is 0.387 e. The van der Waals surface area contributed by atoms with E-state index >= 15 is 0 Å². The zero-order chi connectivity index (χ0) is 84.7. The molecular formula is C75H73F4N9O23S6. The van der Waals surface area contributed by atoms with Gasteiger partial charge in [-0.15, -0.1) is 0 Å². The molecule has 0 radical (unpaired) electrons. The van der Waals surface area contributed by atoms with E-state index in [1.54, 1.807) is 81.6 Å². The lowest BCUT2D eigenvalue weighted by Gasteiger charge is -2.15. The van der Waals surface area contributed by atoms with Crippen LogP contribution in [0.1, 0.15) is 53.7 Å². The van der Waals surface area contributed by atoms with E-state index in [9.17, 15) is 65.0 Å². The molecule has 0 aliphatic heterocycles. The number of aromatic nitrogens is 9. The average Bonchev–Trinajstić information content (AvgIpc) is 1.61. The normalized spacial score (nSPS) is 12.2. The summed E-state index contributed by atoms with van der Waals surface area (Å²) in [6.45, 7) is 2.54. The second-order valence-corrected chi connectivity index (χ2v) is 33.6. The first kappa shape index (κ1) is 90.5. The summed E-state index contributed by atoms with van der Waals surface area (Å²) in [7, 11) is -13.1. The Morgan fingerprint density at radius 2 is 0.923 bits per heavy atom. The van der Waals surface area contributed by atoms with Gasteiger partial charge in [0.2, 0.25) is 15.5 Å². The van der Waals surface area contributed by atoms with Crippen LogP contribution in [0.15, 0.2) is 194 Å². The first-order valence-electron chi connectivity index (χ1n) is 33.4. The highest BCUT2D eigenvalue weighted by molar-refractivity contribution is 7.92. The fourth-order valence-corrected chi connectivity index (χ4v) is 20.4. The second-order valence-electron chi connectivity index (χ2n) is 24.3. The van der Waals surface area contributed by atoms with Crippen molar-refractivity contribution in [1.29, 1.82) is 0 Å². The molecule has 3 unspecified atom stereocenters. The van der Waals surface area contributed by atoms with Crippen LogP contribution >= 0.6 is 0 Å². The van der Waals surface area contributed by atoms with Crippen molar-refractivity contribution in [1.82, 2.24) is 41.8 Å². The number of benzene rings is 6. The summed E-state index contributed by atoms with van der Waals surface area (Å²) in [5.74, 6) is -4.24. The average molecular weight is 1740 g/mol. The molecule has 0 saturated carbocycles. The zero-order valence-electron chi connectivity index (χ0n) is 62.4. The maximum atomic E-state index is 13.8. The lowest BCUT2D eigenvalue weighted by Crippen LogP contribution is -2.21. The van der Waals surface area contributed by atoms with E-state index in [1.807, 2.05) is 6.92 Å². The number of aryl methyl sites for hydroxylation is 2. The number of imidazole rings is 3. The third-order valence-corrected chi connectivity index (χ3v) is 25.7. The molecule has 117 heavy (non-hydrogen) atoms. The SMILES string of the molecule is C.COc1ccc2c(c1)nc(S(=O)Cc1ncc(C)c(OC)c1C)n2S(=O)(=O)c1ccc(OCC(=O)O)cc1.COc1ccnc(CS(=O)c2nc3cc(OC(F)F)ccc3n2S(=O)(=O)c2ccc(OCC(=O)O)cc2)c1OC.Cc1ccccc1S(=O)(=O)n1c(S(=O)Cc2nccc(OCC(C)(F)F)c2C)nc2ccccc21.O=C=O. The standard InChI is InChI=1S/C25H25N3O8S2.C24H21F2N3O9S2.C24H23F2N3O4S2.CO2.CH4/c1-15-12-26-21(16(2)24(15)35-4)14-37(31)25-27-20-11-18(34-3)7-10-22(20)28(25)38(32,33)19-8-5-17(6-9-19)36-13-23(29)30;1-35-20-9-10-27-18(22(20)36-2)13-39(32)24-28-17-11-15(38-23(25)26)5-8-19(17)29(24)40(33,34)16-6-3-14(4-7-16)37-12-21(30)31;1-16-8-4-7-11-22(16)35(31,32)29-20-10-6-5-9-18(20)28-23(29)34(30)14-19-17(2)21(12-13-27-19)33-15-24(3,25)26;2-1-3;/h5-12H,13-14H2,1-4H3,(H,29,30);3-11,23H,12-13H2,1-2H3,(H,30,31);4-13H,14-15H2,1-3H3;;1H4. The van der Waals surface area contributed by atoms with Crippen molar-refractivity contribution in [2.45, 2.75) is 102 Å². The lowest BCUT2D eigenvalue weighted by atomic mass is 10.1. The first-order valence-corrected chi connectivity index (χ1v) is 41.7. The van der Waals surface area contributed by atoms with E-state index in [4.69, 9.17) is 53.0 Å². The molecule has 42 heteroatoms. The molecule has 32 nitrogen and oxygen atoms in total. The molecule has 0 fully saturated rings. The molecule has 6 heterocycles. The van der Waals surface area contributed by atoms with Crippen molar-refractivity contribution >= 4 is 114 Å². The van der Waals surface area contributed by atoms with Crippen molar-refractivity contribution < 1.29 is 123 Å². The Balaban J connectivity index is 0.000000215. The van der Waals surface area contributed by atoms with Gasteiger partial charge < -0.3 is 48.1 Å².